The first kappa shape index (κ1) is 15.5. The van der Waals surface area contributed by atoms with Crippen LogP contribution in [0.1, 0.15) is 31.0 Å². The number of anilines is 1. The Kier molecular flexibility index (Phi) is 4.62. The van der Waals surface area contributed by atoms with Crippen molar-refractivity contribution in [3.05, 3.63) is 50.1 Å². The van der Waals surface area contributed by atoms with E-state index in [1.807, 2.05) is 38.1 Å². The molecule has 0 aliphatic carbocycles. The van der Waals surface area contributed by atoms with E-state index in [9.17, 15) is 10.1 Å². The van der Waals surface area contributed by atoms with E-state index < -0.39 is 0 Å². The van der Waals surface area contributed by atoms with E-state index >= 15 is 0 Å². The van der Waals surface area contributed by atoms with E-state index in [0.29, 0.717) is 18.1 Å². The average molecular weight is 353 g/mol. The van der Waals surface area contributed by atoms with Gasteiger partial charge in [-0.3, -0.25) is 10.1 Å². The lowest BCUT2D eigenvalue weighted by molar-refractivity contribution is -0.384. The van der Waals surface area contributed by atoms with Crippen LogP contribution in [0.25, 0.3) is 0 Å². The first-order chi connectivity index (χ1) is 9.90. The fourth-order valence-electron chi connectivity index (χ4n) is 2.13. The van der Waals surface area contributed by atoms with Crippen LogP contribution in [0.5, 0.6) is 0 Å². The Morgan fingerprint density at radius 3 is 2.76 bits per heavy atom. The molecule has 0 spiro atoms. The smallest absolute Gasteiger partial charge is 0.334 e. The molecule has 0 aliphatic heterocycles. The lowest BCUT2D eigenvalue weighted by atomic mass is 10.1. The van der Waals surface area contributed by atoms with Crippen molar-refractivity contribution in [2.24, 2.45) is 7.05 Å². The zero-order valence-electron chi connectivity index (χ0n) is 12.1. The van der Waals surface area contributed by atoms with Crippen LogP contribution in [-0.4, -0.2) is 14.7 Å². The molecule has 0 atom stereocenters. The number of hydrogen-bond acceptors (Lipinski definition) is 4. The van der Waals surface area contributed by atoms with Gasteiger partial charge >= 0.3 is 5.69 Å². The van der Waals surface area contributed by atoms with Gasteiger partial charge in [-0.1, -0.05) is 41.9 Å². The van der Waals surface area contributed by atoms with Gasteiger partial charge in [0, 0.05) is 24.0 Å². The molecule has 2 rings (SSSR count). The predicted octanol–water partition coefficient (Wildman–Crippen LogP) is 3.83. The fourth-order valence-corrected chi connectivity index (χ4v) is 2.58. The molecular weight excluding hydrogens is 336 g/mol. The van der Waals surface area contributed by atoms with Gasteiger partial charge in [0.15, 0.2) is 0 Å². The normalized spacial score (nSPS) is 10.9. The number of hydrogen-bond donors (Lipinski definition) is 1. The van der Waals surface area contributed by atoms with Crippen molar-refractivity contribution in [1.82, 2.24) is 9.78 Å². The van der Waals surface area contributed by atoms with Crippen LogP contribution in [0.2, 0.25) is 0 Å². The maximum atomic E-state index is 11.3. The van der Waals surface area contributed by atoms with Crippen LogP contribution in [0.15, 0.2) is 28.7 Å². The number of rotatable bonds is 5. The van der Waals surface area contributed by atoms with Gasteiger partial charge in [0.05, 0.1) is 4.92 Å². The van der Waals surface area contributed by atoms with E-state index in [0.717, 1.165) is 10.0 Å². The number of nitrogens with one attached hydrogen (secondary N) is 1. The van der Waals surface area contributed by atoms with E-state index in [1.54, 1.807) is 7.05 Å². The maximum absolute atomic E-state index is 11.3. The van der Waals surface area contributed by atoms with Crippen LogP contribution < -0.4 is 5.32 Å². The van der Waals surface area contributed by atoms with Crippen LogP contribution in [0, 0.1) is 10.1 Å². The second-order valence-corrected chi connectivity index (χ2v) is 6.02. The highest BCUT2D eigenvalue weighted by Crippen LogP contribution is 2.33. The largest absolute Gasteiger partial charge is 0.360 e. The van der Waals surface area contributed by atoms with Crippen molar-refractivity contribution in [1.29, 1.82) is 0 Å². The standard InChI is InChI=1S/C14H17BrN4O2/c1-9(2)12-13(19(20)21)14(18(3)17-12)16-8-10-5-4-6-11(15)7-10/h4-7,9,16H,8H2,1-3H3. The van der Waals surface area contributed by atoms with Gasteiger partial charge in [-0.05, 0) is 17.7 Å². The zero-order chi connectivity index (χ0) is 15.6. The molecule has 0 bridgehead atoms. The molecule has 0 radical (unpaired) electrons. The Morgan fingerprint density at radius 1 is 1.48 bits per heavy atom. The number of halogens is 1. The van der Waals surface area contributed by atoms with Gasteiger partial charge in [0.2, 0.25) is 5.82 Å². The molecule has 6 nitrogen and oxygen atoms in total. The molecule has 0 saturated carbocycles. The lowest BCUT2D eigenvalue weighted by Gasteiger charge is -2.06. The Morgan fingerprint density at radius 2 is 2.19 bits per heavy atom. The minimum atomic E-state index is -0.369. The second kappa shape index (κ2) is 6.26. The van der Waals surface area contributed by atoms with Crippen molar-refractivity contribution < 1.29 is 4.92 Å². The average Bonchev–Trinajstić information content (AvgIpc) is 2.74. The summed E-state index contributed by atoms with van der Waals surface area (Å²) in [5.41, 5.74) is 1.59. The molecule has 21 heavy (non-hydrogen) atoms. The SMILES string of the molecule is CC(C)c1nn(C)c(NCc2cccc(Br)c2)c1[N+](=O)[O-]. The Bertz CT molecular complexity index is 667. The highest BCUT2D eigenvalue weighted by Gasteiger charge is 2.28. The van der Waals surface area contributed by atoms with Gasteiger partial charge < -0.3 is 5.32 Å². The van der Waals surface area contributed by atoms with Crippen LogP contribution in [0.3, 0.4) is 0 Å². The molecule has 1 heterocycles. The van der Waals surface area contributed by atoms with Gasteiger partial charge in [-0.25, -0.2) is 4.68 Å². The summed E-state index contributed by atoms with van der Waals surface area (Å²) in [6.45, 7) is 4.29. The first-order valence-corrected chi connectivity index (χ1v) is 7.39. The Labute approximate surface area is 131 Å². The van der Waals surface area contributed by atoms with Crippen molar-refractivity contribution in [2.75, 3.05) is 5.32 Å². The topological polar surface area (TPSA) is 73.0 Å². The van der Waals surface area contributed by atoms with E-state index in [2.05, 4.69) is 26.3 Å². The molecule has 1 aromatic heterocycles. The lowest BCUT2D eigenvalue weighted by Crippen LogP contribution is -2.06. The summed E-state index contributed by atoms with van der Waals surface area (Å²) < 4.78 is 2.51. The van der Waals surface area contributed by atoms with Crippen molar-refractivity contribution in [3.8, 4) is 0 Å². The summed E-state index contributed by atoms with van der Waals surface area (Å²) in [5, 5.41) is 18.7. The summed E-state index contributed by atoms with van der Waals surface area (Å²) in [6, 6.07) is 7.80. The highest BCUT2D eigenvalue weighted by atomic mass is 79.9. The third kappa shape index (κ3) is 3.41. The summed E-state index contributed by atoms with van der Waals surface area (Å²) in [7, 11) is 1.71. The minimum absolute atomic E-state index is 0.00183. The molecule has 112 valence electrons. The van der Waals surface area contributed by atoms with Crippen LogP contribution in [-0.2, 0) is 13.6 Å². The van der Waals surface area contributed by atoms with Crippen LogP contribution in [0.4, 0.5) is 11.5 Å². The Balaban J connectivity index is 2.29. The van der Waals surface area contributed by atoms with Crippen molar-refractivity contribution in [3.63, 3.8) is 0 Å². The zero-order valence-corrected chi connectivity index (χ0v) is 13.7. The van der Waals surface area contributed by atoms with Crippen molar-refractivity contribution in [2.45, 2.75) is 26.3 Å². The Hall–Kier alpha value is -1.89. The fraction of sp³-hybridized carbons (Fsp3) is 0.357. The number of nitro groups is 1. The van der Waals surface area contributed by atoms with E-state index in [1.165, 1.54) is 4.68 Å². The number of nitrogens with zero attached hydrogens (tertiary/aromatic N) is 3. The van der Waals surface area contributed by atoms with Gasteiger partial charge in [0.25, 0.3) is 0 Å². The predicted molar refractivity (Wildman–Crippen MR) is 85.4 cm³/mol. The summed E-state index contributed by atoms with van der Waals surface area (Å²) in [5.74, 6) is 0.432. The highest BCUT2D eigenvalue weighted by molar-refractivity contribution is 9.10. The number of benzene rings is 1. The third-order valence-corrected chi connectivity index (χ3v) is 3.62. The first-order valence-electron chi connectivity index (χ1n) is 6.59. The molecule has 0 aliphatic rings. The monoisotopic (exact) mass is 352 g/mol. The quantitative estimate of drug-likeness (QED) is 0.655. The maximum Gasteiger partial charge on any atom is 0.334 e. The second-order valence-electron chi connectivity index (χ2n) is 5.10. The molecule has 0 unspecified atom stereocenters. The summed E-state index contributed by atoms with van der Waals surface area (Å²) >= 11 is 3.41. The number of aryl methyl sites for hydroxylation is 1. The molecule has 7 heteroatoms. The molecule has 0 amide bonds. The van der Waals surface area contributed by atoms with Gasteiger partial charge in [-0.15, -0.1) is 0 Å². The molecule has 1 aromatic carbocycles. The molecule has 1 N–H and O–H groups in total. The van der Waals surface area contributed by atoms with Crippen molar-refractivity contribution >= 4 is 27.4 Å². The molecule has 0 fully saturated rings. The summed E-state index contributed by atoms with van der Waals surface area (Å²) in [6.07, 6.45) is 0. The molecule has 2 aromatic rings. The minimum Gasteiger partial charge on any atom is -0.360 e. The van der Waals surface area contributed by atoms with Gasteiger partial charge in [-0.2, -0.15) is 5.10 Å². The van der Waals surface area contributed by atoms with Crippen LogP contribution >= 0.6 is 15.9 Å². The van der Waals surface area contributed by atoms with E-state index in [-0.39, 0.29) is 16.5 Å². The molecular formula is C14H17BrN4O2. The van der Waals surface area contributed by atoms with E-state index in [4.69, 9.17) is 0 Å². The molecule has 0 saturated heterocycles. The van der Waals surface area contributed by atoms with Gasteiger partial charge in [0.1, 0.15) is 5.69 Å². The third-order valence-electron chi connectivity index (χ3n) is 3.13. The number of aromatic nitrogens is 2. The summed E-state index contributed by atoms with van der Waals surface area (Å²) in [4.78, 5) is 11.0.